The number of aliphatic carboxylic acids is 1. The SMILES string of the molecule is Cc1ccc(CNC(=O)NC(C)(C(=O)O)C(F)(F)F)s1. The first-order valence-corrected chi connectivity index (χ1v) is 6.29. The molecule has 9 heteroatoms. The second-order valence-electron chi connectivity index (χ2n) is 4.25. The average Bonchev–Trinajstić information content (AvgIpc) is 2.70. The Morgan fingerprint density at radius 1 is 1.35 bits per heavy atom. The summed E-state index contributed by atoms with van der Waals surface area (Å²) in [5.41, 5.74) is -3.33. The Hall–Kier alpha value is -1.77. The van der Waals surface area contributed by atoms with Gasteiger partial charge in [0.15, 0.2) is 0 Å². The first kappa shape index (κ1) is 16.3. The van der Waals surface area contributed by atoms with E-state index < -0.39 is 23.7 Å². The maximum Gasteiger partial charge on any atom is 0.422 e. The van der Waals surface area contributed by atoms with Gasteiger partial charge < -0.3 is 15.7 Å². The van der Waals surface area contributed by atoms with E-state index in [-0.39, 0.29) is 6.54 Å². The van der Waals surface area contributed by atoms with Crippen molar-refractivity contribution >= 4 is 23.3 Å². The van der Waals surface area contributed by atoms with Crippen molar-refractivity contribution in [3.8, 4) is 0 Å². The summed E-state index contributed by atoms with van der Waals surface area (Å²) in [5, 5.41) is 12.3. The number of carboxylic acid groups (broad SMARTS) is 1. The van der Waals surface area contributed by atoms with E-state index in [0.29, 0.717) is 6.92 Å². The molecule has 3 N–H and O–H groups in total. The van der Waals surface area contributed by atoms with E-state index in [9.17, 15) is 22.8 Å². The summed E-state index contributed by atoms with van der Waals surface area (Å²) >= 11 is 1.38. The van der Waals surface area contributed by atoms with Gasteiger partial charge in [0.1, 0.15) is 0 Å². The van der Waals surface area contributed by atoms with Gasteiger partial charge in [0, 0.05) is 9.75 Å². The van der Waals surface area contributed by atoms with Crippen molar-refractivity contribution in [2.45, 2.75) is 32.1 Å². The molecule has 1 rings (SSSR count). The van der Waals surface area contributed by atoms with Crippen LogP contribution in [0, 0.1) is 6.92 Å². The molecule has 0 spiro atoms. The lowest BCUT2D eigenvalue weighted by atomic mass is 10.0. The Bertz CT molecular complexity index is 515. The predicted octanol–water partition coefficient (Wildman–Crippen LogP) is 2.26. The zero-order chi connectivity index (χ0) is 15.6. The van der Waals surface area contributed by atoms with Gasteiger partial charge in [-0.3, -0.25) is 0 Å². The second-order valence-corrected chi connectivity index (χ2v) is 5.62. The lowest BCUT2D eigenvalue weighted by Crippen LogP contribution is -2.63. The van der Waals surface area contributed by atoms with Gasteiger partial charge in [-0.15, -0.1) is 11.3 Å². The van der Waals surface area contributed by atoms with Crippen molar-refractivity contribution in [2.75, 3.05) is 0 Å². The Balaban J connectivity index is 2.66. The molecule has 0 bridgehead atoms. The van der Waals surface area contributed by atoms with E-state index in [1.807, 2.05) is 6.92 Å². The highest BCUT2D eigenvalue weighted by Crippen LogP contribution is 2.30. The molecule has 1 aromatic heterocycles. The van der Waals surface area contributed by atoms with Crippen LogP contribution in [0.3, 0.4) is 0 Å². The van der Waals surface area contributed by atoms with Crippen LogP contribution in [0.15, 0.2) is 12.1 Å². The molecule has 1 atom stereocenters. The first-order valence-electron chi connectivity index (χ1n) is 5.47. The summed E-state index contributed by atoms with van der Waals surface area (Å²) in [6, 6.07) is 2.33. The Labute approximate surface area is 116 Å². The van der Waals surface area contributed by atoms with Gasteiger partial charge in [0.05, 0.1) is 6.54 Å². The minimum Gasteiger partial charge on any atom is -0.479 e. The number of urea groups is 1. The molecule has 1 aromatic rings. The van der Waals surface area contributed by atoms with Crippen LogP contribution in [-0.4, -0.2) is 28.8 Å². The predicted molar refractivity (Wildman–Crippen MR) is 66.5 cm³/mol. The summed E-state index contributed by atoms with van der Waals surface area (Å²) in [6.07, 6.45) is -5.10. The maximum atomic E-state index is 12.7. The smallest absolute Gasteiger partial charge is 0.422 e. The molecule has 20 heavy (non-hydrogen) atoms. The van der Waals surface area contributed by atoms with Crippen molar-refractivity contribution in [3.63, 3.8) is 0 Å². The highest BCUT2D eigenvalue weighted by molar-refractivity contribution is 7.11. The molecule has 0 aliphatic carbocycles. The molecule has 2 amide bonds. The number of aryl methyl sites for hydroxylation is 1. The Morgan fingerprint density at radius 3 is 2.35 bits per heavy atom. The summed E-state index contributed by atoms with van der Waals surface area (Å²) in [7, 11) is 0. The van der Waals surface area contributed by atoms with E-state index in [1.165, 1.54) is 16.7 Å². The molecule has 0 fully saturated rings. The van der Waals surface area contributed by atoms with Crippen molar-refractivity contribution in [2.24, 2.45) is 0 Å². The molecule has 1 heterocycles. The number of rotatable bonds is 4. The maximum absolute atomic E-state index is 12.7. The highest BCUT2D eigenvalue weighted by atomic mass is 32.1. The van der Waals surface area contributed by atoms with Crippen molar-refractivity contribution in [1.82, 2.24) is 10.6 Å². The van der Waals surface area contributed by atoms with Gasteiger partial charge in [-0.2, -0.15) is 13.2 Å². The van der Waals surface area contributed by atoms with Crippen molar-refractivity contribution in [1.29, 1.82) is 0 Å². The van der Waals surface area contributed by atoms with Crippen LogP contribution < -0.4 is 10.6 Å². The van der Waals surface area contributed by atoms with Crippen molar-refractivity contribution < 1.29 is 27.9 Å². The summed E-state index contributed by atoms with van der Waals surface area (Å²) in [4.78, 5) is 23.9. The van der Waals surface area contributed by atoms with E-state index in [1.54, 1.807) is 12.1 Å². The van der Waals surface area contributed by atoms with E-state index in [2.05, 4.69) is 5.32 Å². The summed E-state index contributed by atoms with van der Waals surface area (Å²) < 4.78 is 38.0. The number of nitrogens with one attached hydrogen (secondary N) is 2. The number of carboxylic acids is 1. The van der Waals surface area contributed by atoms with Crippen LogP contribution in [0.5, 0.6) is 0 Å². The fourth-order valence-corrected chi connectivity index (χ4v) is 2.09. The van der Waals surface area contributed by atoms with Gasteiger partial charge in [0.25, 0.3) is 0 Å². The van der Waals surface area contributed by atoms with Crippen LogP contribution in [0.25, 0.3) is 0 Å². The van der Waals surface area contributed by atoms with E-state index in [0.717, 1.165) is 9.75 Å². The highest BCUT2D eigenvalue weighted by Gasteiger charge is 2.58. The summed E-state index contributed by atoms with van der Waals surface area (Å²) in [5.74, 6) is -2.17. The number of alkyl halides is 3. The van der Waals surface area contributed by atoms with Crippen LogP contribution in [0.4, 0.5) is 18.0 Å². The molecule has 0 saturated heterocycles. The fraction of sp³-hybridized carbons (Fsp3) is 0.455. The van der Waals surface area contributed by atoms with Crippen LogP contribution in [0.1, 0.15) is 16.7 Å². The molecular formula is C11H13F3N2O3S. The number of halogens is 3. The van der Waals surface area contributed by atoms with Crippen LogP contribution in [-0.2, 0) is 11.3 Å². The third-order valence-corrected chi connectivity index (χ3v) is 3.58. The third-order valence-electron chi connectivity index (χ3n) is 2.58. The zero-order valence-electron chi connectivity index (χ0n) is 10.7. The van der Waals surface area contributed by atoms with Gasteiger partial charge in [-0.05, 0) is 26.0 Å². The average molecular weight is 310 g/mol. The normalized spacial score (nSPS) is 14.4. The molecule has 0 aromatic carbocycles. The largest absolute Gasteiger partial charge is 0.479 e. The molecule has 1 unspecified atom stereocenters. The van der Waals surface area contributed by atoms with Gasteiger partial charge in [0.2, 0.25) is 5.54 Å². The quantitative estimate of drug-likeness (QED) is 0.798. The lowest BCUT2D eigenvalue weighted by molar-refractivity contribution is -0.203. The second kappa shape index (κ2) is 5.70. The number of carbonyl (C=O) groups excluding carboxylic acids is 1. The Kier molecular flexibility index (Phi) is 4.64. The zero-order valence-corrected chi connectivity index (χ0v) is 11.5. The van der Waals surface area contributed by atoms with Gasteiger partial charge in [-0.1, -0.05) is 0 Å². The van der Waals surface area contributed by atoms with Crippen molar-refractivity contribution in [3.05, 3.63) is 21.9 Å². The molecular weight excluding hydrogens is 297 g/mol. The van der Waals surface area contributed by atoms with Crippen LogP contribution in [0.2, 0.25) is 0 Å². The molecule has 0 aliphatic rings. The molecule has 0 radical (unpaired) electrons. The minimum atomic E-state index is -5.10. The number of hydrogen-bond donors (Lipinski definition) is 3. The summed E-state index contributed by atoms with van der Waals surface area (Å²) in [6.45, 7) is 2.27. The van der Waals surface area contributed by atoms with Gasteiger partial charge >= 0.3 is 18.2 Å². The van der Waals surface area contributed by atoms with Crippen LogP contribution >= 0.6 is 11.3 Å². The Morgan fingerprint density at radius 2 is 1.95 bits per heavy atom. The molecule has 112 valence electrons. The first-order chi connectivity index (χ1) is 9.06. The standard InChI is InChI=1S/C11H13F3N2O3S/c1-6-3-4-7(20-6)5-15-9(19)16-10(2,8(17)18)11(12,13)14/h3-4H,5H2,1-2H3,(H,17,18)(H2,15,16,19). The number of hydrogen-bond acceptors (Lipinski definition) is 3. The molecule has 0 saturated carbocycles. The lowest BCUT2D eigenvalue weighted by Gasteiger charge is -2.28. The molecule has 0 aliphatic heterocycles. The number of amides is 2. The topological polar surface area (TPSA) is 78.4 Å². The third kappa shape index (κ3) is 3.62. The molecule has 5 nitrogen and oxygen atoms in total. The van der Waals surface area contributed by atoms with E-state index in [4.69, 9.17) is 5.11 Å². The monoisotopic (exact) mass is 310 g/mol. The number of thiophene rings is 1. The van der Waals surface area contributed by atoms with E-state index >= 15 is 0 Å². The van der Waals surface area contributed by atoms with Gasteiger partial charge in [-0.25, -0.2) is 9.59 Å². The fourth-order valence-electron chi connectivity index (χ4n) is 1.26. The number of carbonyl (C=O) groups is 2. The minimum absolute atomic E-state index is 0.0257.